The Bertz CT molecular complexity index is 1150. The monoisotopic (exact) mass is 509 g/mol. The average Bonchev–Trinajstić information content (AvgIpc) is 2.87. The zero-order valence-corrected chi connectivity index (χ0v) is 22.1. The standard InChI is InChI=1S/C26H35N7O2S/c1-19-17-27-25(29-20-8-10-22(11-9-20)33-14-12-32(4)13-15-33)30-24(19)28-21-6-5-7-23(16-21)36(35)31-26(2,3)18-34/h5-11,16-17,31,34H,12-15,18H2,1-4H3,(H2,27,28,29,30). The lowest BCUT2D eigenvalue weighted by atomic mass is 10.1. The van der Waals surface area contributed by atoms with Crippen LogP contribution in [0.4, 0.5) is 28.8 Å². The lowest BCUT2D eigenvalue weighted by Gasteiger charge is -2.34. The summed E-state index contributed by atoms with van der Waals surface area (Å²) in [6, 6.07) is 15.7. The second kappa shape index (κ2) is 11.4. The minimum Gasteiger partial charge on any atom is -0.593 e. The summed E-state index contributed by atoms with van der Waals surface area (Å²) in [5.41, 5.74) is 3.12. The number of nitrogens with zero attached hydrogens (tertiary/aromatic N) is 4. The Balaban J connectivity index is 1.43. The summed E-state index contributed by atoms with van der Waals surface area (Å²) >= 11 is -1.46. The molecule has 1 fully saturated rings. The first kappa shape index (κ1) is 26.2. The molecule has 192 valence electrons. The summed E-state index contributed by atoms with van der Waals surface area (Å²) in [7, 11) is 2.16. The maximum Gasteiger partial charge on any atom is 0.229 e. The number of hydrogen-bond donors (Lipinski definition) is 4. The number of likely N-dealkylation sites (N-methyl/N-ethyl adjacent to an activating group) is 1. The summed E-state index contributed by atoms with van der Waals surface area (Å²) < 4.78 is 15.6. The van der Waals surface area contributed by atoms with Crippen molar-refractivity contribution in [3.63, 3.8) is 0 Å². The predicted octanol–water partition coefficient (Wildman–Crippen LogP) is 3.41. The van der Waals surface area contributed by atoms with Crippen LogP contribution in [0.15, 0.2) is 59.6 Å². The molecule has 3 aromatic rings. The second-order valence-electron chi connectivity index (χ2n) is 9.75. The maximum absolute atomic E-state index is 12.7. The zero-order valence-electron chi connectivity index (χ0n) is 21.3. The van der Waals surface area contributed by atoms with Gasteiger partial charge < -0.3 is 30.1 Å². The average molecular weight is 510 g/mol. The van der Waals surface area contributed by atoms with E-state index in [4.69, 9.17) is 0 Å². The molecule has 0 aliphatic carbocycles. The van der Waals surface area contributed by atoms with Crippen molar-refractivity contribution >= 4 is 40.2 Å². The summed E-state index contributed by atoms with van der Waals surface area (Å²) in [5.74, 6) is 1.15. The Morgan fingerprint density at radius 1 is 1.03 bits per heavy atom. The highest BCUT2D eigenvalue weighted by Gasteiger charge is 2.25. The van der Waals surface area contributed by atoms with Crippen LogP contribution in [0, 0.1) is 6.92 Å². The fourth-order valence-corrected chi connectivity index (χ4v) is 4.87. The molecule has 1 aliphatic rings. The molecule has 0 amide bonds. The summed E-state index contributed by atoms with van der Waals surface area (Å²) in [4.78, 5) is 14.4. The number of anilines is 5. The number of aliphatic hydroxyl groups excluding tert-OH is 1. The first-order valence-electron chi connectivity index (χ1n) is 12.0. The van der Waals surface area contributed by atoms with E-state index in [1.807, 2.05) is 37.3 Å². The third kappa shape index (κ3) is 6.86. The van der Waals surface area contributed by atoms with E-state index in [-0.39, 0.29) is 6.61 Å². The molecule has 4 rings (SSSR count). The van der Waals surface area contributed by atoms with E-state index in [2.05, 4.69) is 54.3 Å². The molecular weight excluding hydrogens is 474 g/mol. The van der Waals surface area contributed by atoms with Gasteiger partial charge in [-0.05, 0) is 64.2 Å². The molecule has 1 atom stereocenters. The Kier molecular flexibility index (Phi) is 8.32. The van der Waals surface area contributed by atoms with Crippen molar-refractivity contribution in [1.82, 2.24) is 19.6 Å². The van der Waals surface area contributed by atoms with E-state index in [0.717, 1.165) is 43.1 Å². The molecule has 1 aromatic heterocycles. The molecule has 1 saturated heterocycles. The molecule has 0 bridgehead atoms. The number of hydrogen-bond acceptors (Lipinski definition) is 9. The third-order valence-electron chi connectivity index (χ3n) is 6.04. The molecule has 10 heteroatoms. The van der Waals surface area contributed by atoms with E-state index in [1.54, 1.807) is 26.1 Å². The number of piperazine rings is 1. The van der Waals surface area contributed by atoms with Crippen molar-refractivity contribution in [2.45, 2.75) is 31.2 Å². The van der Waals surface area contributed by atoms with Crippen LogP contribution < -0.4 is 20.3 Å². The molecule has 0 saturated carbocycles. The topological polar surface area (TPSA) is 112 Å². The van der Waals surface area contributed by atoms with Gasteiger partial charge in [-0.1, -0.05) is 6.07 Å². The van der Waals surface area contributed by atoms with Crippen LogP contribution in [0.1, 0.15) is 19.4 Å². The summed E-state index contributed by atoms with van der Waals surface area (Å²) in [6.07, 6.45) is 1.77. The molecule has 0 spiro atoms. The van der Waals surface area contributed by atoms with Crippen LogP contribution in [0.3, 0.4) is 0 Å². The van der Waals surface area contributed by atoms with Crippen molar-refractivity contribution in [3.05, 3.63) is 60.3 Å². The first-order valence-corrected chi connectivity index (χ1v) is 13.2. The van der Waals surface area contributed by atoms with Gasteiger partial charge in [-0.3, -0.25) is 0 Å². The quantitative estimate of drug-likeness (QED) is 0.322. The van der Waals surface area contributed by atoms with Gasteiger partial charge in [0.1, 0.15) is 5.82 Å². The van der Waals surface area contributed by atoms with Crippen molar-refractivity contribution < 1.29 is 9.66 Å². The van der Waals surface area contributed by atoms with Gasteiger partial charge in [-0.15, -0.1) is 4.72 Å². The Morgan fingerprint density at radius 3 is 2.44 bits per heavy atom. The minimum absolute atomic E-state index is 0.120. The smallest absolute Gasteiger partial charge is 0.229 e. The fourth-order valence-electron chi connectivity index (χ4n) is 3.75. The highest BCUT2D eigenvalue weighted by atomic mass is 32.2. The van der Waals surface area contributed by atoms with E-state index in [9.17, 15) is 9.66 Å². The number of rotatable bonds is 9. The van der Waals surface area contributed by atoms with Crippen molar-refractivity contribution in [2.24, 2.45) is 0 Å². The number of benzene rings is 2. The second-order valence-corrected chi connectivity index (χ2v) is 11.0. The zero-order chi connectivity index (χ0) is 25.7. The summed E-state index contributed by atoms with van der Waals surface area (Å²) in [6.45, 7) is 9.62. The van der Waals surface area contributed by atoms with E-state index in [0.29, 0.717) is 16.7 Å². The highest BCUT2D eigenvalue weighted by Crippen LogP contribution is 2.25. The Hall–Kier alpha value is -2.89. The highest BCUT2D eigenvalue weighted by molar-refractivity contribution is 7.89. The number of aliphatic hydroxyl groups is 1. The van der Waals surface area contributed by atoms with Gasteiger partial charge in [-0.2, -0.15) is 4.98 Å². The van der Waals surface area contributed by atoms with Gasteiger partial charge in [0.05, 0.1) is 23.5 Å². The van der Waals surface area contributed by atoms with Crippen LogP contribution >= 0.6 is 0 Å². The van der Waals surface area contributed by atoms with Crippen LogP contribution in [-0.2, 0) is 11.4 Å². The van der Waals surface area contributed by atoms with Gasteiger partial charge >= 0.3 is 0 Å². The summed E-state index contributed by atoms with van der Waals surface area (Å²) in [5, 5.41) is 16.0. The molecule has 4 N–H and O–H groups in total. The van der Waals surface area contributed by atoms with Crippen LogP contribution in [0.2, 0.25) is 0 Å². The number of aryl methyl sites for hydroxylation is 1. The molecule has 1 unspecified atom stereocenters. The number of aromatic nitrogens is 2. The van der Waals surface area contributed by atoms with E-state index >= 15 is 0 Å². The fraction of sp³-hybridized carbons (Fsp3) is 0.385. The van der Waals surface area contributed by atoms with E-state index in [1.165, 1.54) is 5.69 Å². The lowest BCUT2D eigenvalue weighted by molar-refractivity contribution is 0.208. The number of nitrogens with one attached hydrogen (secondary N) is 3. The molecule has 2 heterocycles. The largest absolute Gasteiger partial charge is 0.593 e. The van der Waals surface area contributed by atoms with Gasteiger partial charge in [0.2, 0.25) is 5.95 Å². The van der Waals surface area contributed by atoms with Gasteiger partial charge in [-0.25, -0.2) is 4.98 Å². The predicted molar refractivity (Wildman–Crippen MR) is 147 cm³/mol. The molecule has 0 radical (unpaired) electrons. The van der Waals surface area contributed by atoms with Gasteiger partial charge in [0, 0.05) is 61.1 Å². The van der Waals surface area contributed by atoms with Crippen LogP contribution in [0.5, 0.6) is 0 Å². The molecule has 2 aromatic carbocycles. The Labute approximate surface area is 216 Å². The van der Waals surface area contributed by atoms with Crippen molar-refractivity contribution in [2.75, 3.05) is 55.4 Å². The molecule has 36 heavy (non-hydrogen) atoms. The maximum atomic E-state index is 12.7. The Morgan fingerprint density at radius 2 is 1.75 bits per heavy atom. The molecular formula is C26H35N7O2S. The normalized spacial score (nSPS) is 15.6. The molecule has 9 nitrogen and oxygen atoms in total. The lowest BCUT2D eigenvalue weighted by Crippen LogP contribution is -2.46. The van der Waals surface area contributed by atoms with Crippen molar-refractivity contribution in [1.29, 1.82) is 0 Å². The minimum atomic E-state index is -1.46. The third-order valence-corrected chi connectivity index (χ3v) is 7.46. The first-order chi connectivity index (χ1) is 17.2. The van der Waals surface area contributed by atoms with Gasteiger partial charge in [0.15, 0.2) is 4.90 Å². The van der Waals surface area contributed by atoms with Crippen LogP contribution in [0.25, 0.3) is 0 Å². The van der Waals surface area contributed by atoms with Gasteiger partial charge in [0.25, 0.3) is 0 Å². The van der Waals surface area contributed by atoms with Crippen molar-refractivity contribution in [3.8, 4) is 0 Å². The molecule has 1 aliphatic heterocycles. The van der Waals surface area contributed by atoms with Crippen LogP contribution in [-0.4, -0.2) is 69.9 Å². The SMILES string of the molecule is Cc1cnc(Nc2ccc(N3CCN(C)CC3)cc2)nc1Nc1cccc([S+]([O-])NC(C)(C)CO)c1. The van der Waals surface area contributed by atoms with E-state index < -0.39 is 16.9 Å².